The van der Waals surface area contributed by atoms with E-state index < -0.39 is 6.10 Å². The van der Waals surface area contributed by atoms with E-state index in [1.807, 2.05) is 20.8 Å². The number of hydrogen-bond acceptors (Lipinski definition) is 4. The van der Waals surface area contributed by atoms with Gasteiger partial charge in [0.25, 0.3) is 0 Å². The molecule has 0 fully saturated rings. The van der Waals surface area contributed by atoms with Crippen LogP contribution in [0.5, 0.6) is 0 Å². The van der Waals surface area contributed by atoms with Crippen LogP contribution in [0.25, 0.3) is 0 Å². The van der Waals surface area contributed by atoms with Crippen molar-refractivity contribution in [1.82, 2.24) is 10.6 Å². The molecular weight excluding hydrogens is 268 g/mol. The van der Waals surface area contributed by atoms with Gasteiger partial charge in [-0.15, -0.1) is 0 Å². The lowest BCUT2D eigenvalue weighted by atomic mass is 10.1. The van der Waals surface area contributed by atoms with Crippen molar-refractivity contribution in [2.75, 3.05) is 26.3 Å². The molecular formula is C16H34N2O3. The summed E-state index contributed by atoms with van der Waals surface area (Å²) in [6.07, 6.45) is 4.61. The smallest absolute Gasteiger partial charge is 0.221 e. The molecule has 0 rings (SSSR count). The molecule has 1 atom stereocenters. The number of carbonyl (C=O) groups excluding carboxylic acids is 1. The molecule has 0 aliphatic rings. The summed E-state index contributed by atoms with van der Waals surface area (Å²) in [6, 6.07) is 0. The van der Waals surface area contributed by atoms with Gasteiger partial charge < -0.3 is 20.5 Å². The summed E-state index contributed by atoms with van der Waals surface area (Å²) >= 11 is 0. The quantitative estimate of drug-likeness (QED) is 0.481. The molecule has 0 radical (unpaired) electrons. The predicted octanol–water partition coefficient (Wildman–Crippen LogP) is 1.84. The number of unbranched alkanes of at least 4 members (excludes halogenated alkanes) is 3. The molecule has 0 aliphatic carbocycles. The van der Waals surface area contributed by atoms with Crippen LogP contribution in [0.15, 0.2) is 0 Å². The van der Waals surface area contributed by atoms with E-state index in [9.17, 15) is 9.90 Å². The van der Waals surface area contributed by atoms with Crippen LogP contribution in [0.2, 0.25) is 0 Å². The van der Waals surface area contributed by atoms with Gasteiger partial charge in [0.1, 0.15) is 0 Å². The zero-order chi connectivity index (χ0) is 16.1. The Balaban J connectivity index is 3.41. The standard InChI is InChI=1S/C16H34N2O3/c1-5-6-7-8-11-21-13-14(19)12-17-10-9-15(20)18-16(2,3)4/h14,17,19H,5-13H2,1-4H3,(H,18,20). The lowest BCUT2D eigenvalue weighted by Crippen LogP contribution is -2.42. The molecule has 0 aromatic carbocycles. The molecule has 5 nitrogen and oxygen atoms in total. The molecule has 0 saturated carbocycles. The predicted molar refractivity (Wildman–Crippen MR) is 86.4 cm³/mol. The molecule has 3 N–H and O–H groups in total. The second-order valence-electron chi connectivity index (χ2n) is 6.54. The molecule has 0 bridgehead atoms. The zero-order valence-electron chi connectivity index (χ0n) is 14.2. The number of ether oxygens (including phenoxy) is 1. The highest BCUT2D eigenvalue weighted by atomic mass is 16.5. The molecule has 126 valence electrons. The monoisotopic (exact) mass is 302 g/mol. The maximum atomic E-state index is 11.6. The van der Waals surface area contributed by atoms with Crippen molar-refractivity contribution in [3.05, 3.63) is 0 Å². The van der Waals surface area contributed by atoms with E-state index in [0.29, 0.717) is 32.7 Å². The van der Waals surface area contributed by atoms with E-state index in [-0.39, 0.29) is 11.4 Å². The first kappa shape index (κ1) is 20.3. The highest BCUT2D eigenvalue weighted by Crippen LogP contribution is 2.00. The Hall–Kier alpha value is -0.650. The van der Waals surface area contributed by atoms with Crippen molar-refractivity contribution in [2.45, 2.75) is 71.4 Å². The number of aliphatic hydroxyl groups is 1. The first-order valence-corrected chi connectivity index (χ1v) is 8.12. The van der Waals surface area contributed by atoms with Crippen LogP contribution >= 0.6 is 0 Å². The molecule has 1 amide bonds. The molecule has 0 aliphatic heterocycles. The molecule has 1 unspecified atom stereocenters. The number of aliphatic hydroxyl groups excluding tert-OH is 1. The van der Waals surface area contributed by atoms with Crippen molar-refractivity contribution in [3.63, 3.8) is 0 Å². The fraction of sp³-hybridized carbons (Fsp3) is 0.938. The van der Waals surface area contributed by atoms with Crippen molar-refractivity contribution < 1.29 is 14.6 Å². The van der Waals surface area contributed by atoms with Crippen molar-refractivity contribution in [3.8, 4) is 0 Å². The van der Waals surface area contributed by atoms with E-state index in [2.05, 4.69) is 17.6 Å². The van der Waals surface area contributed by atoms with Crippen LogP contribution in [0, 0.1) is 0 Å². The number of rotatable bonds is 12. The first-order valence-electron chi connectivity index (χ1n) is 8.12. The summed E-state index contributed by atoms with van der Waals surface area (Å²) in [5.41, 5.74) is -0.192. The largest absolute Gasteiger partial charge is 0.389 e. The fourth-order valence-electron chi connectivity index (χ4n) is 1.86. The molecule has 0 aromatic rings. The number of nitrogens with one attached hydrogen (secondary N) is 2. The fourth-order valence-corrected chi connectivity index (χ4v) is 1.86. The van der Waals surface area contributed by atoms with Gasteiger partial charge in [-0.25, -0.2) is 0 Å². The number of amides is 1. The molecule has 0 spiro atoms. The molecule has 0 aromatic heterocycles. The van der Waals surface area contributed by atoms with Gasteiger partial charge in [-0.1, -0.05) is 26.2 Å². The minimum absolute atomic E-state index is 0.0247. The Kier molecular flexibility index (Phi) is 11.6. The second kappa shape index (κ2) is 12.0. The van der Waals surface area contributed by atoms with Gasteiger partial charge in [-0.2, -0.15) is 0 Å². The van der Waals surface area contributed by atoms with Crippen LogP contribution in [0.4, 0.5) is 0 Å². The summed E-state index contributed by atoms with van der Waals surface area (Å²) in [6.45, 7) is 10.1. The summed E-state index contributed by atoms with van der Waals surface area (Å²) in [5, 5.41) is 15.7. The molecule has 21 heavy (non-hydrogen) atoms. The third-order valence-corrected chi connectivity index (χ3v) is 2.88. The van der Waals surface area contributed by atoms with Gasteiger partial charge in [0, 0.05) is 31.7 Å². The van der Waals surface area contributed by atoms with Crippen molar-refractivity contribution in [2.24, 2.45) is 0 Å². The van der Waals surface area contributed by atoms with Crippen LogP contribution in [-0.2, 0) is 9.53 Å². The van der Waals surface area contributed by atoms with Crippen LogP contribution in [0.3, 0.4) is 0 Å². The Labute approximate surface area is 129 Å². The van der Waals surface area contributed by atoms with Gasteiger partial charge >= 0.3 is 0 Å². The minimum Gasteiger partial charge on any atom is -0.389 e. The van der Waals surface area contributed by atoms with Gasteiger partial charge in [0.05, 0.1) is 12.7 Å². The van der Waals surface area contributed by atoms with E-state index in [0.717, 1.165) is 6.42 Å². The number of hydrogen-bond donors (Lipinski definition) is 3. The Morgan fingerprint density at radius 2 is 1.95 bits per heavy atom. The summed E-state index contributed by atoms with van der Waals surface area (Å²) in [4.78, 5) is 11.6. The Bertz CT molecular complexity index is 265. The number of carbonyl (C=O) groups is 1. The van der Waals surface area contributed by atoms with Crippen LogP contribution in [0.1, 0.15) is 59.8 Å². The van der Waals surface area contributed by atoms with E-state index in [4.69, 9.17) is 4.74 Å². The summed E-state index contributed by atoms with van der Waals surface area (Å²) in [7, 11) is 0. The summed E-state index contributed by atoms with van der Waals surface area (Å²) in [5.74, 6) is 0.0247. The lowest BCUT2D eigenvalue weighted by molar-refractivity contribution is -0.122. The maximum Gasteiger partial charge on any atom is 0.221 e. The third-order valence-electron chi connectivity index (χ3n) is 2.88. The SMILES string of the molecule is CCCCCCOCC(O)CNCCC(=O)NC(C)(C)C. The van der Waals surface area contributed by atoms with Crippen LogP contribution < -0.4 is 10.6 Å². The highest BCUT2D eigenvalue weighted by molar-refractivity contribution is 5.76. The van der Waals surface area contributed by atoms with E-state index >= 15 is 0 Å². The topological polar surface area (TPSA) is 70.6 Å². The Morgan fingerprint density at radius 1 is 1.24 bits per heavy atom. The third kappa shape index (κ3) is 15.6. The molecule has 5 heteroatoms. The van der Waals surface area contributed by atoms with Gasteiger partial charge in [0.2, 0.25) is 5.91 Å². The maximum absolute atomic E-state index is 11.6. The zero-order valence-corrected chi connectivity index (χ0v) is 14.2. The van der Waals surface area contributed by atoms with Crippen LogP contribution in [-0.4, -0.2) is 49.0 Å². The lowest BCUT2D eigenvalue weighted by Gasteiger charge is -2.20. The average Bonchev–Trinajstić information content (AvgIpc) is 2.37. The van der Waals surface area contributed by atoms with Crippen molar-refractivity contribution >= 4 is 5.91 Å². The molecule has 0 saturated heterocycles. The average molecular weight is 302 g/mol. The second-order valence-corrected chi connectivity index (χ2v) is 6.54. The van der Waals surface area contributed by atoms with Gasteiger partial charge in [-0.3, -0.25) is 4.79 Å². The normalized spacial score (nSPS) is 13.2. The minimum atomic E-state index is -0.512. The Morgan fingerprint density at radius 3 is 2.57 bits per heavy atom. The van der Waals surface area contributed by atoms with E-state index in [1.54, 1.807) is 0 Å². The highest BCUT2D eigenvalue weighted by Gasteiger charge is 2.13. The summed E-state index contributed by atoms with van der Waals surface area (Å²) < 4.78 is 5.42. The van der Waals surface area contributed by atoms with Gasteiger partial charge in [-0.05, 0) is 27.2 Å². The molecule has 0 heterocycles. The van der Waals surface area contributed by atoms with Crippen molar-refractivity contribution in [1.29, 1.82) is 0 Å². The van der Waals surface area contributed by atoms with E-state index in [1.165, 1.54) is 19.3 Å². The van der Waals surface area contributed by atoms with Gasteiger partial charge in [0.15, 0.2) is 0 Å². The first-order chi connectivity index (χ1) is 9.85.